The Morgan fingerprint density at radius 1 is 1.32 bits per heavy atom. The van der Waals surface area contributed by atoms with E-state index in [0.717, 1.165) is 18.2 Å². The van der Waals surface area contributed by atoms with Gasteiger partial charge in [-0.2, -0.15) is 0 Å². The van der Waals surface area contributed by atoms with Crippen LogP contribution in [0.5, 0.6) is 5.75 Å². The summed E-state index contributed by atoms with van der Waals surface area (Å²) in [5.41, 5.74) is 0.766. The highest BCUT2D eigenvalue weighted by Gasteiger charge is 2.23. The predicted molar refractivity (Wildman–Crippen MR) is 98.0 cm³/mol. The summed E-state index contributed by atoms with van der Waals surface area (Å²) < 4.78 is 5.67. The second kappa shape index (κ2) is 8.74. The largest absolute Gasteiger partial charge is 0.489 e. The van der Waals surface area contributed by atoms with Gasteiger partial charge in [-0.15, -0.1) is 0 Å². The Labute approximate surface area is 154 Å². The lowest BCUT2D eigenvalue weighted by molar-refractivity contribution is -0.305. The Morgan fingerprint density at radius 2 is 2.12 bits per heavy atom. The highest BCUT2D eigenvalue weighted by Crippen LogP contribution is 2.30. The van der Waals surface area contributed by atoms with Gasteiger partial charge in [0.25, 0.3) is 0 Å². The number of rotatable bonds is 5. The lowest BCUT2D eigenvalue weighted by Gasteiger charge is -2.25. The minimum atomic E-state index is 0.0781. The standard InChI is InChI=1S/C18H26ClN3O3/c1-13(2)25-17-8-7-15(9-16(17)19)21-18-20-11-23-24-12-22(18)10-14-5-3-4-6-14/h7-9,13-14H,3-6,10-12H2,1-2H3,(H,20,21). The summed E-state index contributed by atoms with van der Waals surface area (Å²) in [5.74, 6) is 2.10. The van der Waals surface area contributed by atoms with E-state index in [1.54, 1.807) is 0 Å². The van der Waals surface area contributed by atoms with Crippen LogP contribution in [0.2, 0.25) is 5.02 Å². The molecule has 1 aromatic rings. The fourth-order valence-electron chi connectivity index (χ4n) is 3.19. The van der Waals surface area contributed by atoms with Crippen molar-refractivity contribution in [1.29, 1.82) is 0 Å². The Kier molecular flexibility index (Phi) is 6.39. The number of guanidine groups is 1. The molecule has 25 heavy (non-hydrogen) atoms. The van der Waals surface area contributed by atoms with Gasteiger partial charge in [0.1, 0.15) is 5.75 Å². The minimum absolute atomic E-state index is 0.0781. The van der Waals surface area contributed by atoms with E-state index in [2.05, 4.69) is 10.2 Å². The van der Waals surface area contributed by atoms with Gasteiger partial charge in [-0.25, -0.2) is 14.8 Å². The van der Waals surface area contributed by atoms with Crippen molar-refractivity contribution in [3.63, 3.8) is 0 Å². The Balaban J connectivity index is 1.76. The number of nitrogens with zero attached hydrogens (tertiary/aromatic N) is 2. The van der Waals surface area contributed by atoms with Gasteiger partial charge in [-0.1, -0.05) is 24.4 Å². The quantitative estimate of drug-likeness (QED) is 0.795. The van der Waals surface area contributed by atoms with Crippen LogP contribution >= 0.6 is 11.6 Å². The van der Waals surface area contributed by atoms with Crippen molar-refractivity contribution in [3.8, 4) is 5.75 Å². The third-order valence-electron chi connectivity index (χ3n) is 4.35. The summed E-state index contributed by atoms with van der Waals surface area (Å²) in [6, 6.07) is 5.57. The molecule has 0 bridgehead atoms. The maximum atomic E-state index is 6.32. The van der Waals surface area contributed by atoms with E-state index in [1.807, 2.05) is 32.0 Å². The van der Waals surface area contributed by atoms with Crippen LogP contribution in [0.15, 0.2) is 23.2 Å². The Hall–Kier alpha value is -1.50. The zero-order valence-corrected chi connectivity index (χ0v) is 15.6. The topological polar surface area (TPSA) is 55.3 Å². The molecule has 1 aliphatic heterocycles. The van der Waals surface area contributed by atoms with Crippen LogP contribution in [0.1, 0.15) is 39.5 Å². The fraction of sp³-hybridized carbons (Fsp3) is 0.611. The van der Waals surface area contributed by atoms with Crippen LogP contribution in [-0.2, 0) is 9.78 Å². The average molecular weight is 368 g/mol. The van der Waals surface area contributed by atoms with Crippen molar-refractivity contribution in [2.24, 2.45) is 10.9 Å². The molecule has 0 spiro atoms. The molecule has 6 nitrogen and oxygen atoms in total. The van der Waals surface area contributed by atoms with E-state index in [9.17, 15) is 0 Å². The molecule has 1 aromatic carbocycles. The van der Waals surface area contributed by atoms with Crippen molar-refractivity contribution in [2.45, 2.75) is 45.6 Å². The first kappa shape index (κ1) is 18.3. The monoisotopic (exact) mass is 367 g/mol. The number of nitrogens with one attached hydrogen (secondary N) is 1. The van der Waals surface area contributed by atoms with Gasteiger partial charge >= 0.3 is 0 Å². The smallest absolute Gasteiger partial charge is 0.203 e. The number of ether oxygens (including phenoxy) is 1. The molecule has 138 valence electrons. The van der Waals surface area contributed by atoms with Crippen molar-refractivity contribution in [2.75, 3.05) is 20.0 Å². The maximum absolute atomic E-state index is 6.32. The third-order valence-corrected chi connectivity index (χ3v) is 4.64. The van der Waals surface area contributed by atoms with E-state index in [4.69, 9.17) is 31.1 Å². The second-order valence-corrected chi connectivity index (χ2v) is 7.18. The summed E-state index contributed by atoms with van der Waals surface area (Å²) in [6.45, 7) is 5.49. The van der Waals surface area contributed by atoms with Gasteiger partial charge in [0, 0.05) is 6.54 Å². The lowest BCUT2D eigenvalue weighted by atomic mass is 10.1. The number of aliphatic imine (C=N–C) groups is 1. The van der Waals surface area contributed by atoms with Gasteiger partial charge in [0.05, 0.1) is 16.8 Å². The van der Waals surface area contributed by atoms with E-state index < -0.39 is 0 Å². The van der Waals surface area contributed by atoms with Crippen molar-refractivity contribution in [3.05, 3.63) is 23.2 Å². The molecule has 7 heteroatoms. The molecule has 0 radical (unpaired) electrons. The van der Waals surface area contributed by atoms with Crippen LogP contribution in [0.4, 0.5) is 5.69 Å². The molecule has 2 aliphatic rings. The molecule has 1 saturated carbocycles. The highest BCUT2D eigenvalue weighted by atomic mass is 35.5. The van der Waals surface area contributed by atoms with Gasteiger partial charge in [-0.3, -0.25) is 0 Å². The van der Waals surface area contributed by atoms with E-state index in [-0.39, 0.29) is 12.8 Å². The summed E-state index contributed by atoms with van der Waals surface area (Å²) in [7, 11) is 0. The normalized spacial score (nSPS) is 20.8. The van der Waals surface area contributed by atoms with Gasteiger partial charge in [0.15, 0.2) is 13.5 Å². The lowest BCUT2D eigenvalue weighted by Crippen LogP contribution is -2.42. The molecule has 2 fully saturated rings. The zero-order chi connectivity index (χ0) is 17.6. The van der Waals surface area contributed by atoms with E-state index in [0.29, 0.717) is 23.4 Å². The van der Waals surface area contributed by atoms with E-state index >= 15 is 0 Å². The Bertz CT molecular complexity index is 603. The van der Waals surface area contributed by atoms with Crippen molar-refractivity contribution >= 4 is 23.2 Å². The molecular weight excluding hydrogens is 342 g/mol. The molecule has 1 heterocycles. The number of benzene rings is 1. The van der Waals surface area contributed by atoms with Gasteiger partial charge in [-0.05, 0) is 50.8 Å². The van der Waals surface area contributed by atoms with Crippen LogP contribution in [0.3, 0.4) is 0 Å². The molecule has 3 rings (SSSR count). The zero-order valence-electron chi connectivity index (χ0n) is 14.8. The van der Waals surface area contributed by atoms with Crippen LogP contribution in [0.25, 0.3) is 0 Å². The first-order chi connectivity index (χ1) is 12.1. The fourth-order valence-corrected chi connectivity index (χ4v) is 3.41. The van der Waals surface area contributed by atoms with Gasteiger partial charge in [0.2, 0.25) is 5.96 Å². The molecule has 0 atom stereocenters. The van der Waals surface area contributed by atoms with Crippen LogP contribution < -0.4 is 10.1 Å². The summed E-state index contributed by atoms with van der Waals surface area (Å²) in [5, 5.41) is 3.73. The number of hydrogen-bond donors (Lipinski definition) is 1. The summed E-state index contributed by atoms with van der Waals surface area (Å²) >= 11 is 6.32. The molecule has 1 aliphatic carbocycles. The molecule has 1 N–H and O–H groups in total. The number of halogens is 1. The van der Waals surface area contributed by atoms with E-state index in [1.165, 1.54) is 25.7 Å². The summed E-state index contributed by atoms with van der Waals surface area (Å²) in [4.78, 5) is 17.1. The Morgan fingerprint density at radius 3 is 2.84 bits per heavy atom. The third kappa shape index (κ3) is 5.23. The molecule has 0 amide bonds. The highest BCUT2D eigenvalue weighted by molar-refractivity contribution is 6.32. The molecule has 0 unspecified atom stereocenters. The molecule has 0 aromatic heterocycles. The maximum Gasteiger partial charge on any atom is 0.203 e. The molecule has 1 saturated heterocycles. The van der Waals surface area contributed by atoms with Crippen LogP contribution in [-0.4, -0.2) is 37.0 Å². The van der Waals surface area contributed by atoms with Gasteiger partial charge < -0.3 is 15.0 Å². The van der Waals surface area contributed by atoms with Crippen molar-refractivity contribution in [1.82, 2.24) is 10.2 Å². The van der Waals surface area contributed by atoms with Crippen molar-refractivity contribution < 1.29 is 14.5 Å². The SMILES string of the molecule is CC(C)Oc1ccc(/N=C2\NCOOCN2CC2CCCC2)cc1Cl. The first-order valence-electron chi connectivity index (χ1n) is 8.90. The summed E-state index contributed by atoms with van der Waals surface area (Å²) in [6.07, 6.45) is 5.22. The minimum Gasteiger partial charge on any atom is -0.489 e. The second-order valence-electron chi connectivity index (χ2n) is 6.78. The average Bonchev–Trinajstić information content (AvgIpc) is 2.98. The predicted octanol–water partition coefficient (Wildman–Crippen LogP) is 4.07. The van der Waals surface area contributed by atoms with Crippen LogP contribution in [0, 0.1) is 5.92 Å². The first-order valence-corrected chi connectivity index (χ1v) is 9.28. The molecular formula is C18H26ClN3O3. The number of hydrogen-bond acceptors (Lipinski definition) is 4.